The second kappa shape index (κ2) is 3.02. The summed E-state index contributed by atoms with van der Waals surface area (Å²) in [4.78, 5) is 3.27. The minimum absolute atomic E-state index is 0.896. The van der Waals surface area contributed by atoms with E-state index in [1.54, 1.807) is 0 Å². The van der Waals surface area contributed by atoms with E-state index in [9.17, 15) is 0 Å². The molecule has 0 bridgehead atoms. The summed E-state index contributed by atoms with van der Waals surface area (Å²) < 4.78 is 0.896. The van der Waals surface area contributed by atoms with Gasteiger partial charge in [-0.15, -0.1) is 0 Å². The normalized spacial score (nSPS) is 14.8. The van der Waals surface area contributed by atoms with Gasteiger partial charge in [0.1, 0.15) is 4.64 Å². The highest BCUT2D eigenvalue weighted by molar-refractivity contribution is 7.71. The fraction of sp³-hybridized carbons (Fsp3) is 0.500. The molecule has 1 aromatic heterocycles. The van der Waals surface area contributed by atoms with Gasteiger partial charge in [0.05, 0.1) is 0 Å². The summed E-state index contributed by atoms with van der Waals surface area (Å²) in [7, 11) is 0. The van der Waals surface area contributed by atoms with Crippen LogP contribution in [0.1, 0.15) is 30.2 Å². The van der Waals surface area contributed by atoms with Gasteiger partial charge in [0.25, 0.3) is 0 Å². The van der Waals surface area contributed by atoms with Crippen molar-refractivity contribution in [2.75, 3.05) is 0 Å². The number of fused-ring (bicyclic) bond motifs is 1. The second-order valence-corrected chi connectivity index (χ2v) is 3.76. The Bertz CT molecular complexity index is 351. The zero-order chi connectivity index (χ0) is 8.55. The van der Waals surface area contributed by atoms with E-state index in [1.807, 2.05) is 0 Å². The quantitative estimate of drug-likeness (QED) is 0.655. The SMILES string of the molecule is CCc1[nH]c(=S)cc2c1CCC2. The number of aromatic nitrogens is 1. The van der Waals surface area contributed by atoms with Crippen molar-refractivity contribution in [2.24, 2.45) is 0 Å². The molecule has 1 aliphatic carbocycles. The lowest BCUT2D eigenvalue weighted by Gasteiger charge is -2.05. The van der Waals surface area contributed by atoms with Crippen LogP contribution in [0.5, 0.6) is 0 Å². The van der Waals surface area contributed by atoms with Gasteiger partial charge in [-0.25, -0.2) is 0 Å². The molecule has 1 aliphatic rings. The Labute approximate surface area is 77.8 Å². The minimum atomic E-state index is 0.896. The van der Waals surface area contributed by atoms with Crippen molar-refractivity contribution in [2.45, 2.75) is 32.6 Å². The Morgan fingerprint density at radius 3 is 3.08 bits per heavy atom. The molecule has 0 amide bonds. The Morgan fingerprint density at radius 2 is 2.33 bits per heavy atom. The molecular formula is C10H13NS. The van der Waals surface area contributed by atoms with Crippen LogP contribution in [-0.4, -0.2) is 4.98 Å². The second-order valence-electron chi connectivity index (χ2n) is 3.32. The van der Waals surface area contributed by atoms with Crippen LogP contribution in [0.4, 0.5) is 0 Å². The van der Waals surface area contributed by atoms with Crippen LogP contribution in [0.3, 0.4) is 0 Å². The summed E-state index contributed by atoms with van der Waals surface area (Å²) in [6.45, 7) is 2.18. The van der Waals surface area contributed by atoms with Crippen LogP contribution in [0, 0.1) is 4.64 Å². The zero-order valence-corrected chi connectivity index (χ0v) is 8.13. The number of hydrogen-bond acceptors (Lipinski definition) is 1. The third kappa shape index (κ3) is 1.20. The van der Waals surface area contributed by atoms with Crippen molar-refractivity contribution in [3.8, 4) is 0 Å². The molecule has 0 spiro atoms. The molecule has 2 heteroatoms. The standard InChI is InChI=1S/C10H13NS/c1-2-9-8-5-3-4-7(8)6-10(12)11-9/h6H,2-5H2,1H3,(H,11,12). The first-order chi connectivity index (χ1) is 5.81. The van der Waals surface area contributed by atoms with Crippen molar-refractivity contribution >= 4 is 12.2 Å². The fourth-order valence-corrected chi connectivity index (χ4v) is 2.26. The van der Waals surface area contributed by atoms with Gasteiger partial charge in [-0.2, -0.15) is 0 Å². The molecular weight excluding hydrogens is 166 g/mol. The average molecular weight is 179 g/mol. The summed E-state index contributed by atoms with van der Waals surface area (Å²) in [6.07, 6.45) is 4.84. The molecule has 0 atom stereocenters. The van der Waals surface area contributed by atoms with Crippen molar-refractivity contribution < 1.29 is 0 Å². The van der Waals surface area contributed by atoms with Gasteiger partial charge >= 0.3 is 0 Å². The number of nitrogens with one attached hydrogen (secondary N) is 1. The highest BCUT2D eigenvalue weighted by Gasteiger charge is 2.13. The average Bonchev–Trinajstić information content (AvgIpc) is 2.50. The lowest BCUT2D eigenvalue weighted by Crippen LogP contribution is -1.95. The minimum Gasteiger partial charge on any atom is -0.350 e. The van der Waals surface area contributed by atoms with E-state index < -0.39 is 0 Å². The number of H-pyrrole nitrogens is 1. The first-order valence-electron chi connectivity index (χ1n) is 4.55. The van der Waals surface area contributed by atoms with E-state index in [-0.39, 0.29) is 0 Å². The van der Waals surface area contributed by atoms with E-state index in [1.165, 1.54) is 36.1 Å². The highest BCUT2D eigenvalue weighted by atomic mass is 32.1. The molecule has 0 unspecified atom stereocenters. The van der Waals surface area contributed by atoms with Gasteiger partial charge in [-0.1, -0.05) is 19.1 Å². The largest absolute Gasteiger partial charge is 0.350 e. The molecule has 64 valence electrons. The zero-order valence-electron chi connectivity index (χ0n) is 7.31. The predicted octanol–water partition coefficient (Wildman–Crippen LogP) is 2.80. The third-order valence-electron chi connectivity index (χ3n) is 2.56. The molecule has 1 nitrogen and oxygen atoms in total. The number of rotatable bonds is 1. The smallest absolute Gasteiger partial charge is 0.103 e. The molecule has 0 aliphatic heterocycles. The highest BCUT2D eigenvalue weighted by Crippen LogP contribution is 2.24. The lowest BCUT2D eigenvalue weighted by atomic mass is 10.1. The maximum Gasteiger partial charge on any atom is 0.103 e. The van der Waals surface area contributed by atoms with E-state index >= 15 is 0 Å². The number of aromatic amines is 1. The van der Waals surface area contributed by atoms with Crippen LogP contribution in [0.2, 0.25) is 0 Å². The van der Waals surface area contributed by atoms with Crippen molar-refractivity contribution in [3.63, 3.8) is 0 Å². The Hall–Kier alpha value is -0.630. The predicted molar refractivity (Wildman–Crippen MR) is 53.0 cm³/mol. The summed E-state index contributed by atoms with van der Waals surface area (Å²) in [5, 5.41) is 0. The Morgan fingerprint density at radius 1 is 1.50 bits per heavy atom. The van der Waals surface area contributed by atoms with Gasteiger partial charge in [0, 0.05) is 5.69 Å². The summed E-state index contributed by atoms with van der Waals surface area (Å²) in [5.41, 5.74) is 4.37. The van der Waals surface area contributed by atoms with E-state index in [0.717, 1.165) is 11.1 Å². The molecule has 1 N–H and O–H groups in total. The first kappa shape index (κ1) is 7.99. The lowest BCUT2D eigenvalue weighted by molar-refractivity contribution is 0.898. The molecule has 12 heavy (non-hydrogen) atoms. The summed E-state index contributed by atoms with van der Waals surface area (Å²) in [6, 6.07) is 2.12. The van der Waals surface area contributed by atoms with Crippen molar-refractivity contribution in [3.05, 3.63) is 27.5 Å². The van der Waals surface area contributed by atoms with Gasteiger partial charge in [-0.05, 0) is 42.9 Å². The van der Waals surface area contributed by atoms with Crippen LogP contribution < -0.4 is 0 Å². The molecule has 2 rings (SSSR count). The number of hydrogen-bond donors (Lipinski definition) is 1. The third-order valence-corrected chi connectivity index (χ3v) is 2.78. The van der Waals surface area contributed by atoms with Crippen molar-refractivity contribution in [1.29, 1.82) is 0 Å². The van der Waals surface area contributed by atoms with Crippen LogP contribution in [0.15, 0.2) is 6.07 Å². The Balaban J connectivity index is 2.62. The van der Waals surface area contributed by atoms with E-state index in [2.05, 4.69) is 18.0 Å². The van der Waals surface area contributed by atoms with E-state index in [4.69, 9.17) is 12.2 Å². The van der Waals surface area contributed by atoms with Crippen LogP contribution >= 0.6 is 12.2 Å². The van der Waals surface area contributed by atoms with Gasteiger partial charge in [-0.3, -0.25) is 0 Å². The summed E-state index contributed by atoms with van der Waals surface area (Å²) >= 11 is 5.15. The topological polar surface area (TPSA) is 15.8 Å². The van der Waals surface area contributed by atoms with Gasteiger partial charge < -0.3 is 4.98 Å². The maximum atomic E-state index is 5.15. The molecule has 0 saturated heterocycles. The molecule has 0 aromatic carbocycles. The molecule has 1 heterocycles. The molecule has 1 aromatic rings. The van der Waals surface area contributed by atoms with Crippen LogP contribution in [0.25, 0.3) is 0 Å². The first-order valence-corrected chi connectivity index (χ1v) is 4.96. The molecule has 0 saturated carbocycles. The molecule has 0 radical (unpaired) electrons. The monoisotopic (exact) mass is 179 g/mol. The Kier molecular flexibility index (Phi) is 2.01. The number of pyridine rings is 1. The molecule has 0 fully saturated rings. The fourth-order valence-electron chi connectivity index (χ4n) is 1.99. The van der Waals surface area contributed by atoms with Gasteiger partial charge in [0.2, 0.25) is 0 Å². The van der Waals surface area contributed by atoms with Crippen LogP contribution in [-0.2, 0) is 19.3 Å². The maximum absolute atomic E-state index is 5.15. The van der Waals surface area contributed by atoms with Crippen molar-refractivity contribution in [1.82, 2.24) is 4.98 Å². The number of aryl methyl sites for hydroxylation is 2. The summed E-state index contributed by atoms with van der Waals surface area (Å²) in [5.74, 6) is 0. The van der Waals surface area contributed by atoms with E-state index in [0.29, 0.717) is 0 Å². The van der Waals surface area contributed by atoms with Gasteiger partial charge in [0.15, 0.2) is 0 Å².